The van der Waals surface area contributed by atoms with Crippen LogP contribution in [0.25, 0.3) is 11.1 Å². The van der Waals surface area contributed by atoms with Crippen molar-refractivity contribution in [3.63, 3.8) is 0 Å². The normalized spacial score (nSPS) is 16.6. The Hall–Kier alpha value is -2.50. The summed E-state index contributed by atoms with van der Waals surface area (Å²) in [5.74, 6) is 0.121. The van der Waals surface area contributed by atoms with Crippen molar-refractivity contribution < 1.29 is 27.8 Å². The third-order valence-corrected chi connectivity index (χ3v) is 6.33. The molecular weight excluding hydrogens is 405 g/mol. The van der Waals surface area contributed by atoms with E-state index in [9.17, 15) is 23.1 Å². The number of hydrogen-bond acceptors (Lipinski definition) is 2. The lowest BCUT2D eigenvalue weighted by Crippen LogP contribution is -2.29. The number of fused-ring (bicyclic) bond motifs is 3. The summed E-state index contributed by atoms with van der Waals surface area (Å²) < 4.78 is 43.3. The fourth-order valence-corrected chi connectivity index (χ4v) is 4.25. The Kier molecular flexibility index (Phi) is 6.40. The fourth-order valence-electron chi connectivity index (χ4n) is 4.25. The molecule has 6 heteroatoms. The number of benzene rings is 2. The minimum absolute atomic E-state index is 0.157. The third kappa shape index (κ3) is 5.23. The van der Waals surface area contributed by atoms with Crippen LogP contribution < -0.4 is 4.74 Å². The Balaban J connectivity index is 1.82. The van der Waals surface area contributed by atoms with Crippen LogP contribution in [0.1, 0.15) is 80.8 Å². The van der Waals surface area contributed by atoms with Crippen molar-refractivity contribution in [3.8, 4) is 16.9 Å². The quantitative estimate of drug-likeness (QED) is 0.458. The zero-order chi connectivity index (χ0) is 23.0. The van der Waals surface area contributed by atoms with E-state index in [1.54, 1.807) is 18.2 Å². The molecule has 31 heavy (non-hydrogen) atoms. The summed E-state index contributed by atoms with van der Waals surface area (Å²) >= 11 is 0. The first-order valence-electron chi connectivity index (χ1n) is 10.7. The molecule has 1 aliphatic heterocycles. The van der Waals surface area contributed by atoms with Crippen molar-refractivity contribution in [1.82, 2.24) is 0 Å². The molecule has 1 aliphatic rings. The molecule has 3 nitrogen and oxygen atoms in total. The van der Waals surface area contributed by atoms with Gasteiger partial charge in [-0.1, -0.05) is 44.9 Å². The molecule has 0 fully saturated rings. The number of alkyl halides is 3. The number of rotatable bonds is 7. The van der Waals surface area contributed by atoms with E-state index in [1.165, 1.54) is 0 Å². The smallest absolute Gasteiger partial charge is 0.389 e. The topological polar surface area (TPSA) is 46.5 Å². The molecule has 2 atom stereocenters. The molecule has 1 N–H and O–H groups in total. The highest BCUT2D eigenvalue weighted by molar-refractivity contribution is 5.91. The molecule has 0 aromatic heterocycles. The molecular formula is C25H29F3O3. The first kappa shape index (κ1) is 23.2. The number of carboxylic acids is 1. The van der Waals surface area contributed by atoms with Gasteiger partial charge < -0.3 is 9.84 Å². The second-order valence-electron chi connectivity index (χ2n) is 9.06. The van der Waals surface area contributed by atoms with Gasteiger partial charge in [-0.15, -0.1) is 0 Å². The average Bonchev–Trinajstić information content (AvgIpc) is 2.68. The number of hydrogen-bond donors (Lipinski definition) is 1. The molecule has 168 valence electrons. The van der Waals surface area contributed by atoms with E-state index in [0.717, 1.165) is 28.7 Å². The predicted molar refractivity (Wildman–Crippen MR) is 115 cm³/mol. The summed E-state index contributed by atoms with van der Waals surface area (Å²) in [5, 5.41) is 9.38. The highest BCUT2D eigenvalue weighted by Crippen LogP contribution is 2.46. The van der Waals surface area contributed by atoms with Crippen molar-refractivity contribution in [2.75, 3.05) is 0 Å². The number of carboxylic acid groups (broad SMARTS) is 1. The minimum atomic E-state index is -4.09. The van der Waals surface area contributed by atoms with E-state index in [1.807, 2.05) is 32.0 Å². The van der Waals surface area contributed by atoms with Crippen molar-refractivity contribution >= 4 is 5.97 Å². The van der Waals surface area contributed by atoms with Crippen LogP contribution in [0.15, 0.2) is 36.4 Å². The zero-order valence-electron chi connectivity index (χ0n) is 18.3. The number of halogens is 3. The molecule has 0 amide bonds. The van der Waals surface area contributed by atoms with Crippen LogP contribution in [-0.4, -0.2) is 17.3 Å². The largest absolute Gasteiger partial charge is 0.482 e. The lowest BCUT2D eigenvalue weighted by molar-refractivity contribution is -0.135. The van der Waals surface area contributed by atoms with Crippen LogP contribution in [0.4, 0.5) is 13.2 Å². The highest BCUT2D eigenvalue weighted by atomic mass is 19.4. The van der Waals surface area contributed by atoms with Gasteiger partial charge in [0.1, 0.15) is 11.4 Å². The molecule has 3 rings (SSSR count). The van der Waals surface area contributed by atoms with E-state index in [4.69, 9.17) is 4.74 Å². The Labute approximate surface area is 181 Å². The standard InChI is InChI=1S/C25H29F3O3/c1-15(7-5-6-12-25(26,27)28)16(2)17-8-10-19-20-13-18(23(29)30)9-11-21(20)24(3,4)31-22(19)14-17/h8-11,13-16H,5-7,12H2,1-4H3,(H,29,30). The van der Waals surface area contributed by atoms with Crippen LogP contribution in [0.5, 0.6) is 5.75 Å². The monoisotopic (exact) mass is 434 g/mol. The van der Waals surface area contributed by atoms with Crippen LogP contribution in [0, 0.1) is 5.92 Å². The number of unbranched alkanes of at least 4 members (excludes halogenated alkanes) is 1. The van der Waals surface area contributed by atoms with Crippen molar-refractivity contribution in [2.45, 2.75) is 71.1 Å². The predicted octanol–water partition coefficient (Wildman–Crippen LogP) is 7.54. The Bertz CT molecular complexity index is 963. The Morgan fingerprint density at radius 1 is 1.06 bits per heavy atom. The maximum absolute atomic E-state index is 12.4. The fraction of sp³-hybridized carbons (Fsp3) is 0.480. The molecule has 0 spiro atoms. The van der Waals surface area contributed by atoms with Crippen LogP contribution in [0.3, 0.4) is 0 Å². The van der Waals surface area contributed by atoms with E-state index >= 15 is 0 Å². The molecule has 0 saturated carbocycles. The Morgan fingerprint density at radius 3 is 2.42 bits per heavy atom. The maximum Gasteiger partial charge on any atom is 0.389 e. The van der Waals surface area contributed by atoms with Crippen LogP contribution in [-0.2, 0) is 5.60 Å². The molecule has 0 radical (unpaired) electrons. The van der Waals surface area contributed by atoms with Gasteiger partial charge in [0, 0.05) is 17.5 Å². The van der Waals surface area contributed by atoms with Gasteiger partial charge in [-0.05, 0) is 61.4 Å². The minimum Gasteiger partial charge on any atom is -0.482 e. The molecule has 2 aromatic rings. The van der Waals surface area contributed by atoms with E-state index in [2.05, 4.69) is 13.8 Å². The Morgan fingerprint density at radius 2 is 1.77 bits per heavy atom. The third-order valence-electron chi connectivity index (χ3n) is 6.33. The lowest BCUT2D eigenvalue weighted by Gasteiger charge is -2.35. The van der Waals surface area contributed by atoms with Gasteiger partial charge in [0.25, 0.3) is 0 Å². The first-order valence-corrected chi connectivity index (χ1v) is 10.7. The van der Waals surface area contributed by atoms with Crippen molar-refractivity contribution in [3.05, 3.63) is 53.1 Å². The summed E-state index contributed by atoms with van der Waals surface area (Å²) in [6.45, 7) is 8.06. The molecule has 2 aromatic carbocycles. The van der Waals surface area contributed by atoms with Crippen molar-refractivity contribution in [2.24, 2.45) is 5.92 Å². The maximum atomic E-state index is 12.4. The number of aromatic carboxylic acids is 1. The number of carbonyl (C=O) groups is 1. The summed E-state index contributed by atoms with van der Waals surface area (Å²) in [6, 6.07) is 11.0. The van der Waals surface area contributed by atoms with Gasteiger partial charge in [0.15, 0.2) is 0 Å². The lowest BCUT2D eigenvalue weighted by atomic mass is 9.82. The zero-order valence-corrected chi connectivity index (χ0v) is 18.3. The second-order valence-corrected chi connectivity index (χ2v) is 9.06. The molecule has 2 unspecified atom stereocenters. The van der Waals surface area contributed by atoms with Gasteiger partial charge in [0.2, 0.25) is 0 Å². The molecule has 0 saturated heterocycles. The van der Waals surface area contributed by atoms with Gasteiger partial charge in [0.05, 0.1) is 5.56 Å². The summed E-state index contributed by atoms with van der Waals surface area (Å²) in [6.07, 6.45) is -3.39. The van der Waals surface area contributed by atoms with E-state index in [0.29, 0.717) is 12.2 Å². The summed E-state index contributed by atoms with van der Waals surface area (Å²) in [4.78, 5) is 11.4. The highest BCUT2D eigenvalue weighted by Gasteiger charge is 2.33. The number of ether oxygens (including phenoxy) is 1. The van der Waals surface area contributed by atoms with Crippen LogP contribution in [0.2, 0.25) is 0 Å². The first-order chi connectivity index (χ1) is 14.4. The van der Waals surface area contributed by atoms with Crippen LogP contribution >= 0.6 is 0 Å². The van der Waals surface area contributed by atoms with E-state index < -0.39 is 24.2 Å². The molecule has 0 bridgehead atoms. The molecule has 0 aliphatic carbocycles. The van der Waals surface area contributed by atoms with Crippen molar-refractivity contribution in [1.29, 1.82) is 0 Å². The van der Waals surface area contributed by atoms with Gasteiger partial charge in [-0.3, -0.25) is 0 Å². The molecule has 1 heterocycles. The summed E-state index contributed by atoms with van der Waals surface area (Å²) in [7, 11) is 0. The SMILES string of the molecule is CC(CCCCC(F)(F)F)C(C)c1ccc2c(c1)OC(C)(C)c1ccc(C(=O)O)cc1-2. The van der Waals surface area contributed by atoms with E-state index in [-0.39, 0.29) is 23.8 Å². The second kappa shape index (κ2) is 8.56. The van der Waals surface area contributed by atoms with Gasteiger partial charge >= 0.3 is 12.1 Å². The van der Waals surface area contributed by atoms with Gasteiger partial charge in [-0.2, -0.15) is 13.2 Å². The average molecular weight is 434 g/mol. The summed E-state index contributed by atoms with van der Waals surface area (Å²) in [5.41, 5.74) is 3.33. The van der Waals surface area contributed by atoms with Gasteiger partial charge in [-0.25, -0.2) is 4.79 Å².